The number of nitrogens with two attached hydrogens (primary N) is 2. The van der Waals surface area contributed by atoms with Gasteiger partial charge in [0.2, 0.25) is 0 Å². The molecule has 88 valence electrons. The van der Waals surface area contributed by atoms with E-state index in [0.717, 1.165) is 6.07 Å². The fourth-order valence-corrected chi connectivity index (χ4v) is 1.28. The summed E-state index contributed by atoms with van der Waals surface area (Å²) in [6.07, 6.45) is -0.835. The van der Waals surface area contributed by atoms with Crippen LogP contribution in [-0.2, 0) is 6.18 Å². The van der Waals surface area contributed by atoms with E-state index >= 15 is 0 Å². The molecule has 2 nitrogen and oxygen atoms in total. The second-order valence-corrected chi connectivity index (χ2v) is 3.32. The number of alkyl halides is 3. The van der Waals surface area contributed by atoms with Gasteiger partial charge in [0.25, 0.3) is 0 Å². The monoisotopic (exact) mass is 230 g/mol. The summed E-state index contributed by atoms with van der Waals surface area (Å²) in [5.74, 6) is 0. The molecule has 0 aliphatic carbocycles. The molecule has 4 N–H and O–H groups in total. The summed E-state index contributed by atoms with van der Waals surface area (Å²) >= 11 is 0. The first-order valence-electron chi connectivity index (χ1n) is 4.78. The smallest absolute Gasteiger partial charge is 0.399 e. The maximum atomic E-state index is 12.6. The lowest BCUT2D eigenvalue weighted by Crippen LogP contribution is -2.07. The first-order valence-corrected chi connectivity index (χ1v) is 4.78. The van der Waals surface area contributed by atoms with Crippen LogP contribution in [0.15, 0.2) is 24.3 Å². The van der Waals surface area contributed by atoms with Gasteiger partial charge in [0.05, 0.1) is 5.56 Å². The standard InChI is InChI=1S/C11H13F3N2/c12-11(13,14)10-5-4-9(16)7-8(10)3-1-2-6-15/h1,3-5,7H,2,6,15-16H2. The maximum Gasteiger partial charge on any atom is 0.416 e. The zero-order chi connectivity index (χ0) is 12.2. The molecule has 0 aliphatic heterocycles. The third kappa shape index (κ3) is 3.27. The molecule has 0 fully saturated rings. The molecular weight excluding hydrogens is 217 g/mol. The Morgan fingerprint density at radius 2 is 1.94 bits per heavy atom. The van der Waals surface area contributed by atoms with Gasteiger partial charge in [-0.15, -0.1) is 0 Å². The topological polar surface area (TPSA) is 52.0 Å². The van der Waals surface area contributed by atoms with Gasteiger partial charge in [-0.05, 0) is 36.7 Å². The zero-order valence-electron chi connectivity index (χ0n) is 8.59. The summed E-state index contributed by atoms with van der Waals surface area (Å²) in [5.41, 5.74) is 10.4. The van der Waals surface area contributed by atoms with Gasteiger partial charge in [0, 0.05) is 5.69 Å². The van der Waals surface area contributed by atoms with Gasteiger partial charge in [-0.2, -0.15) is 13.2 Å². The third-order valence-electron chi connectivity index (χ3n) is 2.01. The SMILES string of the molecule is NCCC=Cc1cc(N)ccc1C(F)(F)F. The first kappa shape index (κ1) is 12.6. The van der Waals surface area contributed by atoms with E-state index in [2.05, 4.69) is 0 Å². The summed E-state index contributed by atoms with van der Waals surface area (Å²) in [4.78, 5) is 0. The van der Waals surface area contributed by atoms with Crippen molar-refractivity contribution in [2.45, 2.75) is 12.6 Å². The summed E-state index contributed by atoms with van der Waals surface area (Å²) in [7, 11) is 0. The maximum absolute atomic E-state index is 12.6. The quantitative estimate of drug-likeness (QED) is 0.784. The molecule has 0 spiro atoms. The van der Waals surface area contributed by atoms with Crippen LogP contribution in [0.1, 0.15) is 17.5 Å². The summed E-state index contributed by atoms with van der Waals surface area (Å²) in [5, 5.41) is 0. The van der Waals surface area contributed by atoms with E-state index in [9.17, 15) is 13.2 Å². The van der Waals surface area contributed by atoms with Crippen molar-refractivity contribution in [3.05, 3.63) is 35.4 Å². The lowest BCUT2D eigenvalue weighted by Gasteiger charge is -2.10. The highest BCUT2D eigenvalue weighted by Crippen LogP contribution is 2.33. The van der Waals surface area contributed by atoms with Gasteiger partial charge >= 0.3 is 6.18 Å². The average Bonchev–Trinajstić information content (AvgIpc) is 2.16. The van der Waals surface area contributed by atoms with Crippen molar-refractivity contribution in [3.8, 4) is 0 Å². The molecule has 0 radical (unpaired) electrons. The van der Waals surface area contributed by atoms with Crippen LogP contribution in [-0.4, -0.2) is 6.54 Å². The van der Waals surface area contributed by atoms with Crippen molar-refractivity contribution in [1.82, 2.24) is 0 Å². The minimum absolute atomic E-state index is 0.0703. The summed E-state index contributed by atoms with van der Waals surface area (Å²) < 4.78 is 37.8. The highest BCUT2D eigenvalue weighted by Gasteiger charge is 2.32. The predicted octanol–water partition coefficient (Wildman–Crippen LogP) is 2.65. The number of halogens is 3. The third-order valence-corrected chi connectivity index (χ3v) is 2.01. The number of hydrogen-bond acceptors (Lipinski definition) is 2. The Kier molecular flexibility index (Phi) is 3.95. The summed E-state index contributed by atoms with van der Waals surface area (Å²) in [6.45, 7) is 0.403. The van der Waals surface area contributed by atoms with Crippen molar-refractivity contribution >= 4 is 11.8 Å². The van der Waals surface area contributed by atoms with Crippen LogP contribution >= 0.6 is 0 Å². The Hall–Kier alpha value is -1.49. The van der Waals surface area contributed by atoms with Gasteiger partial charge in [0.15, 0.2) is 0 Å². The van der Waals surface area contributed by atoms with Crippen molar-refractivity contribution in [2.24, 2.45) is 5.73 Å². The summed E-state index contributed by atoms with van der Waals surface area (Å²) in [6, 6.07) is 3.52. The molecular formula is C11H13F3N2. The van der Waals surface area contributed by atoms with Crippen LogP contribution in [0, 0.1) is 0 Å². The highest BCUT2D eigenvalue weighted by atomic mass is 19.4. The van der Waals surface area contributed by atoms with Gasteiger partial charge in [0.1, 0.15) is 0 Å². The molecule has 5 heteroatoms. The normalized spacial score (nSPS) is 12.2. The Balaban J connectivity index is 3.09. The van der Waals surface area contributed by atoms with Crippen LogP contribution in [0.5, 0.6) is 0 Å². The fourth-order valence-electron chi connectivity index (χ4n) is 1.28. The molecule has 0 amide bonds. The van der Waals surface area contributed by atoms with E-state index in [1.165, 1.54) is 18.2 Å². The number of rotatable bonds is 3. The van der Waals surface area contributed by atoms with Crippen LogP contribution in [0.2, 0.25) is 0 Å². The van der Waals surface area contributed by atoms with Crippen molar-refractivity contribution in [3.63, 3.8) is 0 Å². The van der Waals surface area contributed by atoms with Gasteiger partial charge < -0.3 is 11.5 Å². The number of hydrogen-bond donors (Lipinski definition) is 2. The second-order valence-electron chi connectivity index (χ2n) is 3.32. The Morgan fingerprint density at radius 1 is 1.25 bits per heavy atom. The van der Waals surface area contributed by atoms with Crippen molar-refractivity contribution in [1.29, 1.82) is 0 Å². The van der Waals surface area contributed by atoms with Gasteiger partial charge in [-0.1, -0.05) is 12.2 Å². The minimum atomic E-state index is -4.36. The van der Waals surface area contributed by atoms with Gasteiger partial charge in [-0.25, -0.2) is 0 Å². The minimum Gasteiger partial charge on any atom is -0.399 e. The Bertz CT molecular complexity index is 383. The number of benzene rings is 1. The van der Waals surface area contributed by atoms with Crippen LogP contribution in [0.25, 0.3) is 6.08 Å². The molecule has 0 saturated carbocycles. The van der Waals surface area contributed by atoms with Crippen molar-refractivity contribution < 1.29 is 13.2 Å². The van der Waals surface area contributed by atoms with E-state index in [0.29, 0.717) is 18.7 Å². The molecule has 0 heterocycles. The number of nitrogen functional groups attached to an aromatic ring is 1. The zero-order valence-corrected chi connectivity index (χ0v) is 8.59. The molecule has 0 saturated heterocycles. The molecule has 1 rings (SSSR count). The van der Waals surface area contributed by atoms with E-state index in [1.54, 1.807) is 6.08 Å². The number of anilines is 1. The molecule has 0 bridgehead atoms. The molecule has 0 aliphatic rings. The Labute approximate surface area is 91.7 Å². The Morgan fingerprint density at radius 3 is 2.50 bits per heavy atom. The molecule has 1 aromatic rings. The average molecular weight is 230 g/mol. The van der Waals surface area contributed by atoms with Gasteiger partial charge in [-0.3, -0.25) is 0 Å². The van der Waals surface area contributed by atoms with Crippen LogP contribution in [0.3, 0.4) is 0 Å². The molecule has 0 atom stereocenters. The van der Waals surface area contributed by atoms with Crippen molar-refractivity contribution in [2.75, 3.05) is 12.3 Å². The first-order chi connectivity index (χ1) is 7.45. The molecule has 16 heavy (non-hydrogen) atoms. The van der Waals surface area contributed by atoms with E-state index in [-0.39, 0.29) is 5.56 Å². The lowest BCUT2D eigenvalue weighted by molar-refractivity contribution is -0.137. The van der Waals surface area contributed by atoms with Crippen LogP contribution in [0.4, 0.5) is 18.9 Å². The van der Waals surface area contributed by atoms with E-state index < -0.39 is 11.7 Å². The molecule has 1 aromatic carbocycles. The second kappa shape index (κ2) is 5.03. The van der Waals surface area contributed by atoms with Crippen LogP contribution < -0.4 is 11.5 Å². The lowest BCUT2D eigenvalue weighted by atomic mass is 10.1. The van der Waals surface area contributed by atoms with E-state index in [1.807, 2.05) is 0 Å². The molecule has 0 aromatic heterocycles. The largest absolute Gasteiger partial charge is 0.416 e. The highest BCUT2D eigenvalue weighted by molar-refractivity contribution is 5.60. The fraction of sp³-hybridized carbons (Fsp3) is 0.273. The molecule has 0 unspecified atom stereocenters. The van der Waals surface area contributed by atoms with E-state index in [4.69, 9.17) is 11.5 Å². The predicted molar refractivity (Wildman–Crippen MR) is 58.6 cm³/mol.